The van der Waals surface area contributed by atoms with Gasteiger partial charge < -0.3 is 5.11 Å². The van der Waals surface area contributed by atoms with Crippen LogP contribution in [0.3, 0.4) is 0 Å². The van der Waals surface area contributed by atoms with Gasteiger partial charge >= 0.3 is 0 Å². The van der Waals surface area contributed by atoms with Crippen LogP contribution in [0.4, 0.5) is 0 Å². The van der Waals surface area contributed by atoms with Crippen molar-refractivity contribution in [3.63, 3.8) is 0 Å². The SMILES string of the molecule is CC(C)(C)N1OC2C(=O)N(Cc3ccccc3)C(=O)C2C1c1cccc(O)c1. The van der Waals surface area contributed by atoms with Gasteiger partial charge in [-0.15, -0.1) is 0 Å². The third-order valence-electron chi connectivity index (χ3n) is 5.26. The first-order chi connectivity index (χ1) is 13.3. The lowest BCUT2D eigenvalue weighted by molar-refractivity contribution is -0.216. The van der Waals surface area contributed by atoms with Crippen LogP contribution in [0.15, 0.2) is 54.6 Å². The molecule has 0 radical (unpaired) electrons. The number of carbonyl (C=O) groups is 2. The van der Waals surface area contributed by atoms with E-state index in [9.17, 15) is 14.7 Å². The van der Waals surface area contributed by atoms with Gasteiger partial charge in [-0.2, -0.15) is 5.06 Å². The number of fused-ring (bicyclic) bond motifs is 1. The number of amides is 2. The predicted molar refractivity (Wildman–Crippen MR) is 103 cm³/mol. The van der Waals surface area contributed by atoms with E-state index in [4.69, 9.17) is 4.84 Å². The zero-order valence-electron chi connectivity index (χ0n) is 16.2. The molecule has 2 saturated heterocycles. The molecule has 28 heavy (non-hydrogen) atoms. The summed E-state index contributed by atoms with van der Waals surface area (Å²) in [4.78, 5) is 33.6. The highest BCUT2D eigenvalue weighted by Crippen LogP contribution is 2.48. The molecule has 6 nitrogen and oxygen atoms in total. The monoisotopic (exact) mass is 380 g/mol. The van der Waals surface area contributed by atoms with Crippen molar-refractivity contribution in [2.75, 3.05) is 0 Å². The summed E-state index contributed by atoms with van der Waals surface area (Å²) < 4.78 is 0. The lowest BCUT2D eigenvalue weighted by atomic mass is 9.89. The van der Waals surface area contributed by atoms with Crippen LogP contribution in [0.2, 0.25) is 0 Å². The Bertz CT molecular complexity index is 906. The maximum atomic E-state index is 13.3. The van der Waals surface area contributed by atoms with Gasteiger partial charge in [0, 0.05) is 5.54 Å². The minimum absolute atomic E-state index is 0.118. The van der Waals surface area contributed by atoms with Crippen molar-refractivity contribution < 1.29 is 19.5 Å². The average molecular weight is 380 g/mol. The van der Waals surface area contributed by atoms with Gasteiger partial charge in [-0.05, 0) is 44.0 Å². The number of hydrogen-bond donors (Lipinski definition) is 1. The van der Waals surface area contributed by atoms with E-state index in [1.807, 2.05) is 57.2 Å². The Balaban J connectivity index is 1.71. The van der Waals surface area contributed by atoms with Crippen LogP contribution in [-0.2, 0) is 21.0 Å². The summed E-state index contributed by atoms with van der Waals surface area (Å²) in [6.07, 6.45) is -0.845. The molecule has 0 aromatic heterocycles. The third-order valence-corrected chi connectivity index (χ3v) is 5.26. The fraction of sp³-hybridized carbons (Fsp3) is 0.364. The Labute approximate surface area is 164 Å². The molecule has 4 rings (SSSR count). The second-order valence-corrected chi connectivity index (χ2v) is 8.34. The highest BCUT2D eigenvalue weighted by Gasteiger charge is 2.61. The number of likely N-dealkylation sites (tertiary alicyclic amines) is 1. The van der Waals surface area contributed by atoms with Gasteiger partial charge in [0.25, 0.3) is 5.91 Å². The smallest absolute Gasteiger partial charge is 0.261 e. The Morgan fingerprint density at radius 1 is 1.00 bits per heavy atom. The van der Waals surface area contributed by atoms with E-state index in [1.165, 1.54) is 4.90 Å². The number of nitrogens with zero attached hydrogens (tertiary/aromatic N) is 2. The van der Waals surface area contributed by atoms with Crippen molar-refractivity contribution in [2.24, 2.45) is 5.92 Å². The lowest BCUT2D eigenvalue weighted by Crippen LogP contribution is -2.44. The number of phenolic OH excluding ortho intramolecular Hbond substituents is 1. The van der Waals surface area contributed by atoms with Gasteiger partial charge in [0.05, 0.1) is 18.5 Å². The van der Waals surface area contributed by atoms with E-state index in [2.05, 4.69) is 0 Å². The molecular formula is C22H24N2O4. The fourth-order valence-corrected chi connectivity index (χ4v) is 4.02. The molecule has 0 aliphatic carbocycles. The molecule has 2 aromatic carbocycles. The van der Waals surface area contributed by atoms with Crippen molar-refractivity contribution in [3.05, 3.63) is 65.7 Å². The molecule has 3 atom stereocenters. The number of hydroxylamine groups is 2. The highest BCUT2D eigenvalue weighted by molar-refractivity contribution is 6.07. The normalized spacial score (nSPS) is 25.4. The van der Waals surface area contributed by atoms with E-state index in [-0.39, 0.29) is 24.1 Å². The predicted octanol–water partition coefficient (Wildman–Crippen LogP) is 3.03. The largest absolute Gasteiger partial charge is 0.508 e. The number of aromatic hydroxyl groups is 1. The second kappa shape index (κ2) is 6.72. The highest BCUT2D eigenvalue weighted by atomic mass is 16.7. The molecule has 2 heterocycles. The van der Waals surface area contributed by atoms with Crippen LogP contribution >= 0.6 is 0 Å². The van der Waals surface area contributed by atoms with E-state index in [0.717, 1.165) is 11.1 Å². The summed E-state index contributed by atoms with van der Waals surface area (Å²) in [6.45, 7) is 6.15. The van der Waals surface area contributed by atoms with Crippen molar-refractivity contribution in [3.8, 4) is 5.75 Å². The molecule has 2 aliphatic heterocycles. The lowest BCUT2D eigenvalue weighted by Gasteiger charge is -2.36. The number of benzene rings is 2. The Kier molecular flexibility index (Phi) is 4.48. The zero-order chi connectivity index (χ0) is 20.1. The maximum Gasteiger partial charge on any atom is 0.261 e. The standard InChI is InChI=1S/C22H24N2O4/c1-22(2,3)24-18(15-10-7-11-16(25)12-15)17-19(28-24)21(27)23(20(17)26)13-14-8-5-4-6-9-14/h4-12,17-19,25H,13H2,1-3H3. The molecule has 146 valence electrons. The van der Waals surface area contributed by atoms with Crippen LogP contribution in [0.1, 0.15) is 37.9 Å². The summed E-state index contributed by atoms with van der Waals surface area (Å²) in [5.74, 6) is -1.07. The molecule has 0 saturated carbocycles. The molecule has 2 amide bonds. The Morgan fingerprint density at radius 3 is 2.36 bits per heavy atom. The minimum atomic E-state index is -0.845. The molecule has 1 N–H and O–H groups in total. The second-order valence-electron chi connectivity index (χ2n) is 8.34. The molecule has 2 aliphatic rings. The Hall–Kier alpha value is -2.70. The fourth-order valence-electron chi connectivity index (χ4n) is 4.02. The maximum absolute atomic E-state index is 13.3. The van der Waals surface area contributed by atoms with Gasteiger partial charge in [-0.1, -0.05) is 42.5 Å². The molecule has 3 unspecified atom stereocenters. The summed E-state index contributed by atoms with van der Waals surface area (Å²) in [5.41, 5.74) is 1.22. The van der Waals surface area contributed by atoms with Gasteiger partial charge in [-0.25, -0.2) is 0 Å². The van der Waals surface area contributed by atoms with Crippen molar-refractivity contribution in [1.29, 1.82) is 0 Å². The van der Waals surface area contributed by atoms with Gasteiger partial charge in [0.15, 0.2) is 6.10 Å². The average Bonchev–Trinajstić information content (AvgIpc) is 3.15. The van der Waals surface area contributed by atoms with Crippen LogP contribution in [0.5, 0.6) is 5.75 Å². The molecule has 0 spiro atoms. The topological polar surface area (TPSA) is 70.1 Å². The number of rotatable bonds is 3. The number of carbonyl (C=O) groups excluding carboxylic acids is 2. The minimum Gasteiger partial charge on any atom is -0.508 e. The van der Waals surface area contributed by atoms with Gasteiger partial charge in [0.1, 0.15) is 5.75 Å². The van der Waals surface area contributed by atoms with Crippen molar-refractivity contribution in [1.82, 2.24) is 9.96 Å². The van der Waals surface area contributed by atoms with Crippen LogP contribution in [0, 0.1) is 5.92 Å². The first-order valence-corrected chi connectivity index (χ1v) is 9.41. The van der Waals surface area contributed by atoms with Crippen LogP contribution < -0.4 is 0 Å². The van der Waals surface area contributed by atoms with Crippen LogP contribution in [-0.4, -0.2) is 38.5 Å². The van der Waals surface area contributed by atoms with Gasteiger partial charge in [-0.3, -0.25) is 19.3 Å². The Morgan fingerprint density at radius 2 is 1.71 bits per heavy atom. The summed E-state index contributed by atoms with van der Waals surface area (Å²) in [7, 11) is 0. The van der Waals surface area contributed by atoms with Crippen LogP contribution in [0.25, 0.3) is 0 Å². The summed E-state index contributed by atoms with van der Waals surface area (Å²) in [6, 6.07) is 15.8. The van der Waals surface area contributed by atoms with E-state index >= 15 is 0 Å². The quantitative estimate of drug-likeness (QED) is 0.829. The number of imide groups is 1. The first kappa shape index (κ1) is 18.7. The van der Waals surface area contributed by atoms with Gasteiger partial charge in [0.2, 0.25) is 5.91 Å². The number of hydrogen-bond acceptors (Lipinski definition) is 5. The molecule has 0 bridgehead atoms. The van der Waals surface area contributed by atoms with E-state index < -0.39 is 23.6 Å². The third kappa shape index (κ3) is 3.08. The number of phenols is 1. The molecule has 6 heteroatoms. The molecular weight excluding hydrogens is 356 g/mol. The zero-order valence-corrected chi connectivity index (χ0v) is 16.2. The van der Waals surface area contributed by atoms with E-state index in [1.54, 1.807) is 23.3 Å². The first-order valence-electron chi connectivity index (χ1n) is 9.41. The summed E-state index contributed by atoms with van der Waals surface area (Å²) in [5, 5.41) is 11.7. The summed E-state index contributed by atoms with van der Waals surface area (Å²) >= 11 is 0. The molecule has 2 fully saturated rings. The van der Waals surface area contributed by atoms with Crippen molar-refractivity contribution in [2.45, 2.75) is 45.0 Å². The van der Waals surface area contributed by atoms with E-state index in [0.29, 0.717) is 0 Å². The molecule has 2 aromatic rings. The van der Waals surface area contributed by atoms with Crippen molar-refractivity contribution >= 4 is 11.8 Å².